The molecule has 0 atom stereocenters. The van der Waals surface area contributed by atoms with Gasteiger partial charge in [-0.2, -0.15) is 0 Å². The van der Waals surface area contributed by atoms with Gasteiger partial charge >= 0.3 is 5.97 Å². The van der Waals surface area contributed by atoms with E-state index < -0.39 is 0 Å². The number of rotatable bonds is 7. The standard InChI is InChI=1S/C17H29NO3.2C2H6.C2H2/c1-2-21-17(20)12-14-4-3-5-16(14)18-11-10-13-6-8-15(19)9-7-13;3*1-2/h13,15,18-19H,2-12H2,1H3;2*1-2H3;1-2H. The Morgan fingerprint density at radius 1 is 1.11 bits per heavy atom. The molecule has 2 N–H and O–H groups in total. The summed E-state index contributed by atoms with van der Waals surface area (Å²) in [5.41, 5.74) is 2.52. The molecule has 0 aromatic heterocycles. The van der Waals surface area contributed by atoms with Gasteiger partial charge in [-0.05, 0) is 69.8 Å². The van der Waals surface area contributed by atoms with Crippen LogP contribution in [0.5, 0.6) is 0 Å². The van der Waals surface area contributed by atoms with Crippen molar-refractivity contribution in [3.05, 3.63) is 11.3 Å². The van der Waals surface area contributed by atoms with Crippen molar-refractivity contribution in [2.75, 3.05) is 13.2 Å². The first kappa shape index (κ1) is 27.7. The number of hydrogen-bond donors (Lipinski definition) is 2. The third-order valence-electron chi connectivity index (χ3n) is 4.70. The van der Waals surface area contributed by atoms with Gasteiger partial charge in [0.15, 0.2) is 0 Å². The number of terminal acetylenes is 1. The van der Waals surface area contributed by atoms with Gasteiger partial charge in [0.05, 0.1) is 19.1 Å². The van der Waals surface area contributed by atoms with E-state index in [-0.39, 0.29) is 12.1 Å². The summed E-state index contributed by atoms with van der Waals surface area (Å²) in [5, 5.41) is 13.1. The van der Waals surface area contributed by atoms with Gasteiger partial charge in [0, 0.05) is 12.2 Å². The molecular formula is C23H43NO3. The summed E-state index contributed by atoms with van der Waals surface area (Å²) in [5.74, 6) is 0.645. The van der Waals surface area contributed by atoms with Crippen LogP contribution in [-0.2, 0) is 9.53 Å². The highest BCUT2D eigenvalue weighted by molar-refractivity contribution is 5.72. The van der Waals surface area contributed by atoms with Crippen LogP contribution in [0.25, 0.3) is 0 Å². The fraction of sp³-hybridized carbons (Fsp3) is 0.783. The van der Waals surface area contributed by atoms with Crippen LogP contribution in [0.3, 0.4) is 0 Å². The van der Waals surface area contributed by atoms with E-state index in [1.54, 1.807) is 0 Å². The lowest BCUT2D eigenvalue weighted by molar-refractivity contribution is -0.142. The lowest BCUT2D eigenvalue weighted by Crippen LogP contribution is -2.23. The monoisotopic (exact) mass is 381 g/mol. The molecule has 4 heteroatoms. The molecule has 0 amide bonds. The molecule has 158 valence electrons. The molecule has 0 aromatic rings. The van der Waals surface area contributed by atoms with Gasteiger partial charge in [0.1, 0.15) is 0 Å². The molecule has 2 rings (SSSR count). The predicted octanol–water partition coefficient (Wildman–Crippen LogP) is 5.21. The van der Waals surface area contributed by atoms with Crippen LogP contribution in [0.1, 0.15) is 92.4 Å². The Morgan fingerprint density at radius 2 is 1.70 bits per heavy atom. The normalized spacial score (nSPS) is 20.7. The second-order valence-corrected chi connectivity index (χ2v) is 6.31. The zero-order valence-electron chi connectivity index (χ0n) is 18.4. The smallest absolute Gasteiger partial charge is 0.309 e. The Bertz CT molecular complexity index is 407. The van der Waals surface area contributed by atoms with E-state index in [9.17, 15) is 9.90 Å². The number of allylic oxidation sites excluding steroid dienone is 1. The fourth-order valence-corrected chi connectivity index (χ4v) is 3.46. The highest BCUT2D eigenvalue weighted by Gasteiger charge is 2.20. The molecule has 1 fully saturated rings. The topological polar surface area (TPSA) is 58.6 Å². The van der Waals surface area contributed by atoms with Gasteiger partial charge in [-0.3, -0.25) is 4.79 Å². The summed E-state index contributed by atoms with van der Waals surface area (Å²) in [6.07, 6.45) is 17.0. The van der Waals surface area contributed by atoms with Gasteiger partial charge in [-0.15, -0.1) is 12.8 Å². The van der Waals surface area contributed by atoms with Crippen LogP contribution in [0.15, 0.2) is 11.3 Å². The van der Waals surface area contributed by atoms with Gasteiger partial charge in [-0.25, -0.2) is 0 Å². The van der Waals surface area contributed by atoms with Crippen LogP contribution >= 0.6 is 0 Å². The third-order valence-corrected chi connectivity index (χ3v) is 4.70. The van der Waals surface area contributed by atoms with Crippen molar-refractivity contribution in [1.29, 1.82) is 0 Å². The maximum Gasteiger partial charge on any atom is 0.309 e. The van der Waals surface area contributed by atoms with E-state index in [0.29, 0.717) is 13.0 Å². The first-order valence-electron chi connectivity index (χ1n) is 10.8. The molecule has 0 aromatic carbocycles. The van der Waals surface area contributed by atoms with E-state index in [4.69, 9.17) is 4.74 Å². The van der Waals surface area contributed by atoms with E-state index in [0.717, 1.165) is 57.4 Å². The molecule has 0 heterocycles. The zero-order valence-corrected chi connectivity index (χ0v) is 18.4. The summed E-state index contributed by atoms with van der Waals surface area (Å²) in [6.45, 7) is 11.3. The SMILES string of the molecule is C#C.CC.CC.CCOC(=O)CC1=C(NCCC2CCC(O)CC2)CCC1. The van der Waals surface area contributed by atoms with Gasteiger partial charge in [0.25, 0.3) is 0 Å². The Hall–Kier alpha value is -1.47. The molecular weight excluding hydrogens is 338 g/mol. The van der Waals surface area contributed by atoms with Crippen LogP contribution in [0.4, 0.5) is 0 Å². The third kappa shape index (κ3) is 12.5. The number of aliphatic hydroxyl groups excluding tert-OH is 1. The molecule has 0 spiro atoms. The minimum absolute atomic E-state index is 0.0667. The van der Waals surface area contributed by atoms with Crippen molar-refractivity contribution in [3.8, 4) is 12.8 Å². The number of hydrogen-bond acceptors (Lipinski definition) is 4. The Morgan fingerprint density at radius 3 is 2.26 bits per heavy atom. The summed E-state index contributed by atoms with van der Waals surface area (Å²) in [7, 11) is 0. The summed E-state index contributed by atoms with van der Waals surface area (Å²) in [4.78, 5) is 11.6. The molecule has 27 heavy (non-hydrogen) atoms. The maximum absolute atomic E-state index is 11.6. The minimum atomic E-state index is -0.102. The van der Waals surface area contributed by atoms with Gasteiger partial charge in [0.2, 0.25) is 0 Å². The zero-order chi connectivity index (χ0) is 21.1. The summed E-state index contributed by atoms with van der Waals surface area (Å²) in [6, 6.07) is 0. The molecule has 0 unspecified atom stereocenters. The molecule has 1 saturated carbocycles. The van der Waals surface area contributed by atoms with E-state index in [1.165, 1.54) is 17.7 Å². The number of ether oxygens (including phenoxy) is 1. The lowest BCUT2D eigenvalue weighted by Gasteiger charge is -2.25. The molecule has 0 radical (unpaired) electrons. The highest BCUT2D eigenvalue weighted by Crippen LogP contribution is 2.29. The first-order chi connectivity index (χ1) is 13.2. The quantitative estimate of drug-likeness (QED) is 0.469. The number of carbonyl (C=O) groups is 1. The Labute approximate surface area is 168 Å². The first-order valence-corrected chi connectivity index (χ1v) is 10.8. The van der Waals surface area contributed by atoms with E-state index in [1.807, 2.05) is 34.6 Å². The highest BCUT2D eigenvalue weighted by atomic mass is 16.5. The van der Waals surface area contributed by atoms with E-state index >= 15 is 0 Å². The number of nitrogens with one attached hydrogen (secondary N) is 1. The summed E-state index contributed by atoms with van der Waals surface area (Å²) >= 11 is 0. The van der Waals surface area contributed by atoms with Crippen LogP contribution in [0.2, 0.25) is 0 Å². The maximum atomic E-state index is 11.6. The molecule has 0 saturated heterocycles. The Kier molecular flexibility index (Phi) is 19.8. The number of esters is 1. The minimum Gasteiger partial charge on any atom is -0.466 e. The van der Waals surface area contributed by atoms with Crippen molar-refractivity contribution in [3.63, 3.8) is 0 Å². The van der Waals surface area contributed by atoms with Crippen molar-refractivity contribution < 1.29 is 14.6 Å². The predicted molar refractivity (Wildman–Crippen MR) is 115 cm³/mol. The van der Waals surface area contributed by atoms with Gasteiger partial charge < -0.3 is 15.2 Å². The molecule has 0 bridgehead atoms. The fourth-order valence-electron chi connectivity index (χ4n) is 3.46. The van der Waals surface area contributed by atoms with Crippen LogP contribution < -0.4 is 5.32 Å². The van der Waals surface area contributed by atoms with Crippen molar-refractivity contribution in [1.82, 2.24) is 5.32 Å². The van der Waals surface area contributed by atoms with E-state index in [2.05, 4.69) is 18.2 Å². The second kappa shape index (κ2) is 19.3. The van der Waals surface area contributed by atoms with Crippen molar-refractivity contribution >= 4 is 5.97 Å². The number of aliphatic hydroxyl groups is 1. The summed E-state index contributed by atoms with van der Waals surface area (Å²) < 4.78 is 5.04. The second-order valence-electron chi connectivity index (χ2n) is 6.31. The van der Waals surface area contributed by atoms with Crippen molar-refractivity contribution in [2.24, 2.45) is 5.92 Å². The number of carbonyl (C=O) groups excluding carboxylic acids is 1. The average Bonchev–Trinajstić information content (AvgIpc) is 3.15. The average molecular weight is 382 g/mol. The lowest BCUT2D eigenvalue weighted by atomic mass is 9.85. The van der Waals surface area contributed by atoms with Crippen molar-refractivity contribution in [2.45, 2.75) is 98.5 Å². The molecule has 2 aliphatic rings. The molecule has 4 nitrogen and oxygen atoms in total. The molecule has 2 aliphatic carbocycles. The molecule has 0 aliphatic heterocycles. The van der Waals surface area contributed by atoms with Crippen LogP contribution in [0, 0.1) is 18.8 Å². The van der Waals surface area contributed by atoms with Gasteiger partial charge in [-0.1, -0.05) is 27.7 Å². The Balaban J connectivity index is 0. The van der Waals surface area contributed by atoms with Crippen LogP contribution in [-0.4, -0.2) is 30.3 Å². The largest absolute Gasteiger partial charge is 0.466 e.